The van der Waals surface area contributed by atoms with E-state index in [1.54, 1.807) is 0 Å². The summed E-state index contributed by atoms with van der Waals surface area (Å²) in [7, 11) is 0. The fourth-order valence-electron chi connectivity index (χ4n) is 3.15. The second-order valence-electron chi connectivity index (χ2n) is 5.10. The van der Waals surface area contributed by atoms with Crippen molar-refractivity contribution in [3.63, 3.8) is 0 Å². The van der Waals surface area contributed by atoms with E-state index < -0.39 is 0 Å². The molecule has 1 spiro atoms. The average Bonchev–Trinajstić information content (AvgIpc) is 2.59. The molecule has 2 rings (SSSR count). The van der Waals surface area contributed by atoms with Crippen LogP contribution in [-0.2, 0) is 9.47 Å². The van der Waals surface area contributed by atoms with Gasteiger partial charge in [-0.2, -0.15) is 0 Å². The van der Waals surface area contributed by atoms with Crippen LogP contribution in [0.1, 0.15) is 40.0 Å². The van der Waals surface area contributed by atoms with Crippen molar-refractivity contribution in [2.24, 2.45) is 17.8 Å². The van der Waals surface area contributed by atoms with Crippen LogP contribution in [0.15, 0.2) is 0 Å². The lowest BCUT2D eigenvalue weighted by Gasteiger charge is -2.45. The normalized spacial score (nSPS) is 36.9. The van der Waals surface area contributed by atoms with Gasteiger partial charge in [0.25, 0.3) is 0 Å². The van der Waals surface area contributed by atoms with Crippen molar-refractivity contribution in [3.05, 3.63) is 0 Å². The Bertz CT molecular complexity index is 194. The van der Waals surface area contributed by atoms with Crippen LogP contribution in [0, 0.1) is 17.8 Å². The Morgan fingerprint density at radius 1 is 1.14 bits per heavy atom. The van der Waals surface area contributed by atoms with E-state index in [1.807, 2.05) is 0 Å². The highest BCUT2D eigenvalue weighted by Crippen LogP contribution is 2.47. The molecule has 1 aliphatic heterocycles. The Hall–Kier alpha value is -0.0800. The third-order valence-electron chi connectivity index (χ3n) is 3.90. The molecule has 0 N–H and O–H groups in total. The van der Waals surface area contributed by atoms with Gasteiger partial charge in [0.2, 0.25) is 0 Å². The predicted octanol–water partition coefficient (Wildman–Crippen LogP) is 2.82. The van der Waals surface area contributed by atoms with E-state index >= 15 is 0 Å². The van der Waals surface area contributed by atoms with E-state index in [-0.39, 0.29) is 5.79 Å². The van der Waals surface area contributed by atoms with Gasteiger partial charge in [0.15, 0.2) is 5.79 Å². The number of hydrogen-bond acceptors (Lipinski definition) is 2. The maximum absolute atomic E-state index is 5.95. The zero-order valence-electron chi connectivity index (χ0n) is 9.58. The van der Waals surface area contributed by atoms with Gasteiger partial charge < -0.3 is 9.47 Å². The van der Waals surface area contributed by atoms with Crippen molar-refractivity contribution in [1.29, 1.82) is 0 Å². The highest BCUT2D eigenvalue weighted by Gasteiger charge is 2.51. The molecule has 2 fully saturated rings. The molecule has 2 aliphatic rings. The number of hydrogen-bond donors (Lipinski definition) is 0. The van der Waals surface area contributed by atoms with E-state index in [2.05, 4.69) is 20.8 Å². The van der Waals surface area contributed by atoms with Gasteiger partial charge in [-0.25, -0.2) is 0 Å². The van der Waals surface area contributed by atoms with E-state index in [0.717, 1.165) is 13.2 Å². The lowest BCUT2D eigenvalue weighted by Crippen LogP contribution is -2.49. The molecule has 2 unspecified atom stereocenters. The summed E-state index contributed by atoms with van der Waals surface area (Å²) in [6.45, 7) is 8.42. The molecule has 1 aliphatic carbocycles. The molecule has 0 aromatic carbocycles. The quantitative estimate of drug-likeness (QED) is 0.645. The molecule has 1 saturated heterocycles. The standard InChI is InChI=1S/C12H22O2/c1-9(2)11-6-4-5-10(3)12(11)13-7-8-14-12/h9-11H,4-8H2,1-3H3. The lowest BCUT2D eigenvalue weighted by atomic mass is 9.71. The maximum atomic E-state index is 5.95. The summed E-state index contributed by atoms with van der Waals surface area (Å²) in [6.07, 6.45) is 3.85. The molecular weight excluding hydrogens is 176 g/mol. The molecule has 0 bridgehead atoms. The summed E-state index contributed by atoms with van der Waals surface area (Å²) in [5.41, 5.74) is 0. The fraction of sp³-hybridized carbons (Fsp3) is 1.00. The molecule has 82 valence electrons. The second-order valence-corrected chi connectivity index (χ2v) is 5.10. The molecule has 1 saturated carbocycles. The van der Waals surface area contributed by atoms with E-state index in [9.17, 15) is 0 Å². The first-order chi connectivity index (χ1) is 6.67. The smallest absolute Gasteiger partial charge is 0.174 e. The van der Waals surface area contributed by atoms with E-state index in [4.69, 9.17) is 9.47 Å². The second kappa shape index (κ2) is 3.82. The average molecular weight is 198 g/mol. The molecular formula is C12H22O2. The van der Waals surface area contributed by atoms with Gasteiger partial charge >= 0.3 is 0 Å². The van der Waals surface area contributed by atoms with Gasteiger partial charge in [0, 0.05) is 11.8 Å². The van der Waals surface area contributed by atoms with Crippen LogP contribution in [0.3, 0.4) is 0 Å². The molecule has 0 aromatic heterocycles. The highest BCUT2D eigenvalue weighted by molar-refractivity contribution is 4.92. The van der Waals surface area contributed by atoms with Crippen molar-refractivity contribution >= 4 is 0 Å². The van der Waals surface area contributed by atoms with Gasteiger partial charge in [-0.3, -0.25) is 0 Å². The summed E-state index contributed by atoms with van der Waals surface area (Å²) in [5, 5.41) is 0. The Morgan fingerprint density at radius 3 is 2.36 bits per heavy atom. The van der Waals surface area contributed by atoms with Crippen LogP contribution < -0.4 is 0 Å². The minimum absolute atomic E-state index is 0.230. The molecule has 0 amide bonds. The van der Waals surface area contributed by atoms with Crippen LogP contribution in [0.5, 0.6) is 0 Å². The minimum Gasteiger partial charge on any atom is -0.347 e. The third kappa shape index (κ3) is 1.49. The summed E-state index contributed by atoms with van der Waals surface area (Å²) < 4.78 is 11.9. The monoisotopic (exact) mass is 198 g/mol. The van der Waals surface area contributed by atoms with Crippen LogP contribution in [-0.4, -0.2) is 19.0 Å². The van der Waals surface area contributed by atoms with Gasteiger partial charge in [0.1, 0.15) is 0 Å². The van der Waals surface area contributed by atoms with Crippen LogP contribution in [0.25, 0.3) is 0 Å². The van der Waals surface area contributed by atoms with Gasteiger partial charge in [-0.1, -0.05) is 27.2 Å². The zero-order valence-corrected chi connectivity index (χ0v) is 9.58. The summed E-state index contributed by atoms with van der Waals surface area (Å²) >= 11 is 0. The molecule has 2 heteroatoms. The van der Waals surface area contributed by atoms with Gasteiger partial charge in [-0.05, 0) is 18.8 Å². The number of rotatable bonds is 1. The summed E-state index contributed by atoms with van der Waals surface area (Å²) in [6, 6.07) is 0. The Kier molecular flexibility index (Phi) is 2.85. The van der Waals surface area contributed by atoms with Gasteiger partial charge in [-0.15, -0.1) is 0 Å². The molecule has 2 atom stereocenters. The van der Waals surface area contributed by atoms with Crippen molar-refractivity contribution in [3.8, 4) is 0 Å². The summed E-state index contributed by atoms with van der Waals surface area (Å²) in [4.78, 5) is 0. The van der Waals surface area contributed by atoms with Crippen molar-refractivity contribution in [2.45, 2.75) is 45.8 Å². The fourth-order valence-corrected chi connectivity index (χ4v) is 3.15. The molecule has 0 radical (unpaired) electrons. The Labute approximate surface area is 87.0 Å². The highest BCUT2D eigenvalue weighted by atomic mass is 16.7. The summed E-state index contributed by atoms with van der Waals surface area (Å²) in [5.74, 6) is 1.59. The SMILES string of the molecule is CC(C)C1CCCC(C)C12OCCO2. The van der Waals surface area contributed by atoms with Crippen LogP contribution >= 0.6 is 0 Å². The largest absolute Gasteiger partial charge is 0.347 e. The topological polar surface area (TPSA) is 18.5 Å². The molecule has 2 nitrogen and oxygen atoms in total. The third-order valence-corrected chi connectivity index (χ3v) is 3.90. The first-order valence-electron chi connectivity index (χ1n) is 5.94. The zero-order chi connectivity index (χ0) is 10.2. The van der Waals surface area contributed by atoms with Crippen LogP contribution in [0.2, 0.25) is 0 Å². The van der Waals surface area contributed by atoms with Crippen molar-refractivity contribution in [2.75, 3.05) is 13.2 Å². The number of ether oxygens (including phenoxy) is 2. The molecule has 1 heterocycles. The first-order valence-corrected chi connectivity index (χ1v) is 5.94. The Balaban J connectivity index is 2.20. The predicted molar refractivity (Wildman–Crippen MR) is 56.0 cm³/mol. The lowest BCUT2D eigenvalue weighted by molar-refractivity contribution is -0.250. The minimum atomic E-state index is -0.230. The Morgan fingerprint density at radius 2 is 1.79 bits per heavy atom. The van der Waals surface area contributed by atoms with E-state index in [1.165, 1.54) is 19.3 Å². The maximum Gasteiger partial charge on any atom is 0.174 e. The van der Waals surface area contributed by atoms with Crippen molar-refractivity contribution in [1.82, 2.24) is 0 Å². The first kappa shape index (κ1) is 10.4. The molecule has 0 aromatic rings. The van der Waals surface area contributed by atoms with Gasteiger partial charge in [0.05, 0.1) is 13.2 Å². The van der Waals surface area contributed by atoms with E-state index in [0.29, 0.717) is 17.8 Å². The molecule has 14 heavy (non-hydrogen) atoms. The van der Waals surface area contributed by atoms with Crippen molar-refractivity contribution < 1.29 is 9.47 Å². The van der Waals surface area contributed by atoms with Crippen LogP contribution in [0.4, 0.5) is 0 Å².